The van der Waals surface area contributed by atoms with Crippen LogP contribution in [0.4, 0.5) is 17.1 Å². The van der Waals surface area contributed by atoms with Crippen LogP contribution in [0.5, 0.6) is 0 Å². The Balaban J connectivity index is 2.61. The first-order chi connectivity index (χ1) is 10.0. The smallest absolute Gasteiger partial charge is 0.340 e. The highest BCUT2D eigenvalue weighted by Gasteiger charge is 2.25. The van der Waals surface area contributed by atoms with Gasteiger partial charge in [0.05, 0.1) is 17.6 Å². The Bertz CT molecular complexity index is 684. The van der Waals surface area contributed by atoms with E-state index in [4.69, 9.17) is 0 Å². The van der Waals surface area contributed by atoms with Crippen LogP contribution in [-0.2, 0) is 4.74 Å². The lowest BCUT2D eigenvalue weighted by Gasteiger charge is -2.12. The van der Waals surface area contributed by atoms with Crippen molar-refractivity contribution in [3.05, 3.63) is 63.7 Å². The van der Waals surface area contributed by atoms with E-state index in [-0.39, 0.29) is 16.9 Å². The van der Waals surface area contributed by atoms with Crippen molar-refractivity contribution in [1.82, 2.24) is 0 Å². The SMILES string of the molecule is COC(=O)c1ccc(C)c([N+](=O)[O-])c1Nc1ccccc1. The van der Waals surface area contributed by atoms with Crippen molar-refractivity contribution in [2.24, 2.45) is 0 Å². The van der Waals surface area contributed by atoms with Crippen LogP contribution in [-0.4, -0.2) is 18.0 Å². The molecule has 0 aromatic heterocycles. The lowest BCUT2D eigenvalue weighted by atomic mass is 10.1. The Kier molecular flexibility index (Phi) is 4.18. The van der Waals surface area contributed by atoms with Gasteiger partial charge in [0.15, 0.2) is 0 Å². The van der Waals surface area contributed by atoms with Crippen molar-refractivity contribution in [2.45, 2.75) is 6.92 Å². The zero-order valence-corrected chi connectivity index (χ0v) is 11.6. The summed E-state index contributed by atoms with van der Waals surface area (Å²) in [4.78, 5) is 22.6. The quantitative estimate of drug-likeness (QED) is 0.529. The number of para-hydroxylation sites is 1. The Labute approximate surface area is 121 Å². The van der Waals surface area contributed by atoms with Crippen LogP contribution in [0.1, 0.15) is 15.9 Å². The lowest BCUT2D eigenvalue weighted by Crippen LogP contribution is -2.09. The second-order valence-electron chi connectivity index (χ2n) is 4.39. The first-order valence-corrected chi connectivity index (χ1v) is 6.23. The van der Waals surface area contributed by atoms with Gasteiger partial charge >= 0.3 is 5.97 Å². The molecule has 0 atom stereocenters. The van der Waals surface area contributed by atoms with Gasteiger partial charge in [0.1, 0.15) is 5.69 Å². The van der Waals surface area contributed by atoms with Crippen LogP contribution < -0.4 is 5.32 Å². The van der Waals surface area contributed by atoms with Gasteiger partial charge < -0.3 is 10.1 Å². The van der Waals surface area contributed by atoms with Gasteiger partial charge in [0.25, 0.3) is 5.69 Å². The maximum absolute atomic E-state index is 11.8. The number of nitro benzene ring substituents is 1. The molecule has 0 aliphatic rings. The average Bonchev–Trinajstić information content (AvgIpc) is 2.47. The Morgan fingerprint density at radius 1 is 1.19 bits per heavy atom. The van der Waals surface area contributed by atoms with Crippen molar-refractivity contribution in [1.29, 1.82) is 0 Å². The standard InChI is InChI=1S/C15H14N2O4/c1-10-8-9-12(15(18)21-2)13(14(10)17(19)20)16-11-6-4-3-5-7-11/h3-9,16H,1-2H3. The number of esters is 1. The van der Waals surface area contributed by atoms with Crippen LogP contribution >= 0.6 is 0 Å². The maximum Gasteiger partial charge on any atom is 0.340 e. The summed E-state index contributed by atoms with van der Waals surface area (Å²) in [6.45, 7) is 1.62. The van der Waals surface area contributed by atoms with E-state index in [0.29, 0.717) is 11.3 Å². The molecule has 0 aliphatic heterocycles. The number of nitro groups is 1. The minimum absolute atomic E-state index is 0.124. The molecule has 0 heterocycles. The number of nitrogens with one attached hydrogen (secondary N) is 1. The minimum Gasteiger partial charge on any atom is -0.465 e. The van der Waals surface area contributed by atoms with E-state index in [0.717, 1.165) is 0 Å². The van der Waals surface area contributed by atoms with Gasteiger partial charge in [-0.2, -0.15) is 0 Å². The molecule has 6 nitrogen and oxygen atoms in total. The molecular formula is C15H14N2O4. The number of aryl methyl sites for hydroxylation is 1. The molecule has 2 rings (SSSR count). The summed E-state index contributed by atoms with van der Waals surface area (Å²) in [6.07, 6.45) is 0. The van der Waals surface area contributed by atoms with Crippen LogP contribution in [0.2, 0.25) is 0 Å². The van der Waals surface area contributed by atoms with Gasteiger partial charge in [-0.3, -0.25) is 10.1 Å². The third kappa shape index (κ3) is 3.00. The molecule has 21 heavy (non-hydrogen) atoms. The molecule has 0 aliphatic carbocycles. The Morgan fingerprint density at radius 2 is 1.86 bits per heavy atom. The third-order valence-electron chi connectivity index (χ3n) is 3.01. The number of hydrogen-bond donors (Lipinski definition) is 1. The largest absolute Gasteiger partial charge is 0.465 e. The number of rotatable bonds is 4. The van der Waals surface area contributed by atoms with E-state index in [1.165, 1.54) is 19.2 Å². The highest BCUT2D eigenvalue weighted by atomic mass is 16.6. The summed E-state index contributed by atoms with van der Waals surface area (Å²) in [5.41, 5.74) is 1.24. The topological polar surface area (TPSA) is 81.5 Å². The maximum atomic E-state index is 11.8. The number of carbonyl (C=O) groups excluding carboxylic acids is 1. The zero-order chi connectivity index (χ0) is 15.4. The number of nitrogens with zero attached hydrogens (tertiary/aromatic N) is 1. The summed E-state index contributed by atoms with van der Waals surface area (Å²) in [5.74, 6) is -0.628. The number of anilines is 2. The second-order valence-corrected chi connectivity index (χ2v) is 4.39. The van der Waals surface area contributed by atoms with Gasteiger partial charge in [-0.25, -0.2) is 4.79 Å². The molecule has 1 N–H and O–H groups in total. The molecule has 0 fully saturated rings. The fraction of sp³-hybridized carbons (Fsp3) is 0.133. The summed E-state index contributed by atoms with van der Waals surface area (Å²) in [5, 5.41) is 14.2. The molecule has 6 heteroatoms. The molecule has 0 spiro atoms. The van der Waals surface area contributed by atoms with Crippen LogP contribution in [0.15, 0.2) is 42.5 Å². The molecule has 0 saturated heterocycles. The summed E-state index contributed by atoms with van der Waals surface area (Å²) in [6, 6.07) is 12.0. The van der Waals surface area contributed by atoms with Crippen LogP contribution in [0, 0.1) is 17.0 Å². The van der Waals surface area contributed by atoms with Gasteiger partial charge in [-0.15, -0.1) is 0 Å². The first kappa shape index (κ1) is 14.5. The van der Waals surface area contributed by atoms with Crippen molar-refractivity contribution in [3.8, 4) is 0 Å². The first-order valence-electron chi connectivity index (χ1n) is 6.23. The molecule has 0 saturated carbocycles. The summed E-state index contributed by atoms with van der Waals surface area (Å²) in [7, 11) is 1.24. The minimum atomic E-state index is -0.628. The molecule has 0 radical (unpaired) electrons. The molecule has 2 aromatic carbocycles. The molecule has 0 amide bonds. The van der Waals surface area contributed by atoms with E-state index in [2.05, 4.69) is 10.1 Å². The number of carbonyl (C=O) groups is 1. The second kappa shape index (κ2) is 6.04. The van der Waals surface area contributed by atoms with Crippen molar-refractivity contribution in [3.63, 3.8) is 0 Å². The predicted octanol–water partition coefficient (Wildman–Crippen LogP) is 3.43. The summed E-state index contributed by atoms with van der Waals surface area (Å²) >= 11 is 0. The predicted molar refractivity (Wildman–Crippen MR) is 78.9 cm³/mol. The third-order valence-corrected chi connectivity index (χ3v) is 3.01. The van der Waals surface area contributed by atoms with E-state index in [1.54, 1.807) is 31.2 Å². The van der Waals surface area contributed by atoms with Crippen LogP contribution in [0.3, 0.4) is 0 Å². The zero-order valence-electron chi connectivity index (χ0n) is 11.6. The van der Waals surface area contributed by atoms with E-state index in [9.17, 15) is 14.9 Å². The van der Waals surface area contributed by atoms with Crippen LogP contribution in [0.25, 0.3) is 0 Å². The van der Waals surface area contributed by atoms with E-state index in [1.807, 2.05) is 6.07 Å². The Hall–Kier alpha value is -2.89. The molecular weight excluding hydrogens is 272 g/mol. The van der Waals surface area contributed by atoms with Crippen molar-refractivity contribution >= 4 is 23.0 Å². The highest BCUT2D eigenvalue weighted by molar-refractivity contribution is 5.99. The molecule has 0 bridgehead atoms. The van der Waals surface area contributed by atoms with Gasteiger partial charge in [-0.05, 0) is 25.1 Å². The normalized spacial score (nSPS) is 10.0. The van der Waals surface area contributed by atoms with E-state index >= 15 is 0 Å². The number of hydrogen-bond acceptors (Lipinski definition) is 5. The van der Waals surface area contributed by atoms with Gasteiger partial charge in [0.2, 0.25) is 0 Å². The van der Waals surface area contributed by atoms with Crippen molar-refractivity contribution < 1.29 is 14.5 Å². The van der Waals surface area contributed by atoms with Gasteiger partial charge in [0, 0.05) is 11.3 Å². The number of ether oxygens (including phenoxy) is 1. The fourth-order valence-electron chi connectivity index (χ4n) is 2.00. The highest BCUT2D eigenvalue weighted by Crippen LogP contribution is 2.34. The average molecular weight is 286 g/mol. The van der Waals surface area contributed by atoms with Gasteiger partial charge in [-0.1, -0.05) is 24.3 Å². The molecule has 108 valence electrons. The lowest BCUT2D eigenvalue weighted by molar-refractivity contribution is -0.384. The Morgan fingerprint density at radius 3 is 2.43 bits per heavy atom. The van der Waals surface area contributed by atoms with E-state index < -0.39 is 10.9 Å². The fourth-order valence-corrected chi connectivity index (χ4v) is 2.00. The summed E-state index contributed by atoms with van der Waals surface area (Å²) < 4.78 is 4.69. The van der Waals surface area contributed by atoms with Crippen molar-refractivity contribution in [2.75, 3.05) is 12.4 Å². The molecule has 0 unspecified atom stereocenters. The number of methoxy groups -OCH3 is 1. The molecule has 2 aromatic rings. The monoisotopic (exact) mass is 286 g/mol. The number of benzene rings is 2.